The van der Waals surface area contributed by atoms with Crippen LogP contribution < -0.4 is 10.0 Å². The van der Waals surface area contributed by atoms with Crippen molar-refractivity contribution in [2.75, 3.05) is 30.9 Å². The van der Waals surface area contributed by atoms with Crippen molar-refractivity contribution < 1.29 is 8.42 Å². The topological polar surface area (TPSA) is 58.2 Å². The van der Waals surface area contributed by atoms with Crippen LogP contribution in [0.1, 0.15) is 44.9 Å². The lowest BCUT2D eigenvalue weighted by atomic mass is 10.2. The molecular formula is C13H28N2O2S2. The van der Waals surface area contributed by atoms with E-state index < -0.39 is 10.0 Å². The second-order valence-electron chi connectivity index (χ2n) is 5.20. The Morgan fingerprint density at radius 1 is 1.05 bits per heavy atom. The number of nitrogens with one attached hydrogen (secondary N) is 2. The van der Waals surface area contributed by atoms with Crippen molar-refractivity contribution >= 4 is 21.8 Å². The molecule has 0 heterocycles. The van der Waals surface area contributed by atoms with E-state index in [-0.39, 0.29) is 5.75 Å². The maximum absolute atomic E-state index is 11.7. The molecule has 1 aliphatic carbocycles. The van der Waals surface area contributed by atoms with Crippen LogP contribution in [0.3, 0.4) is 0 Å². The zero-order chi connectivity index (χ0) is 14.0. The summed E-state index contributed by atoms with van der Waals surface area (Å²) >= 11 is 1.87. The molecule has 0 spiro atoms. The first-order valence-electron chi connectivity index (χ1n) is 7.34. The number of unbranched alkanes of at least 4 members (excludes halogenated alkanes) is 3. The molecule has 0 unspecified atom stereocenters. The monoisotopic (exact) mass is 308 g/mol. The highest BCUT2D eigenvalue weighted by Crippen LogP contribution is 2.18. The van der Waals surface area contributed by atoms with Gasteiger partial charge in [-0.15, -0.1) is 0 Å². The van der Waals surface area contributed by atoms with Crippen molar-refractivity contribution in [1.29, 1.82) is 0 Å². The standard InChI is InChI=1S/C13H28N2O2S2/c1-18-11-5-3-2-4-10-15-19(16,17)12-6-9-14-13-7-8-13/h13-15H,2-12H2,1H3. The fourth-order valence-corrected chi connectivity index (χ4v) is 3.50. The molecule has 0 amide bonds. The van der Waals surface area contributed by atoms with Crippen LogP contribution in [-0.4, -0.2) is 45.3 Å². The highest BCUT2D eigenvalue weighted by Gasteiger charge is 2.20. The first-order valence-corrected chi connectivity index (χ1v) is 10.4. The van der Waals surface area contributed by atoms with Crippen molar-refractivity contribution in [2.24, 2.45) is 0 Å². The Balaban J connectivity index is 1.90. The van der Waals surface area contributed by atoms with E-state index in [1.165, 1.54) is 31.4 Å². The first-order chi connectivity index (χ1) is 9.14. The van der Waals surface area contributed by atoms with Crippen LogP contribution >= 0.6 is 11.8 Å². The Morgan fingerprint density at radius 3 is 2.47 bits per heavy atom. The molecule has 1 saturated carbocycles. The van der Waals surface area contributed by atoms with Crippen LogP contribution in [0.25, 0.3) is 0 Å². The van der Waals surface area contributed by atoms with Gasteiger partial charge >= 0.3 is 0 Å². The predicted molar refractivity (Wildman–Crippen MR) is 84.3 cm³/mol. The van der Waals surface area contributed by atoms with E-state index in [2.05, 4.69) is 16.3 Å². The summed E-state index contributed by atoms with van der Waals surface area (Å²) in [6.07, 6.45) is 9.84. The van der Waals surface area contributed by atoms with E-state index in [9.17, 15) is 8.42 Å². The Hall–Kier alpha value is 0.220. The second-order valence-corrected chi connectivity index (χ2v) is 8.11. The minimum absolute atomic E-state index is 0.249. The van der Waals surface area contributed by atoms with Crippen LogP contribution in [-0.2, 0) is 10.0 Å². The Labute approximate surface area is 122 Å². The predicted octanol–water partition coefficient (Wildman–Crippen LogP) is 1.97. The molecule has 0 aliphatic heterocycles. The van der Waals surface area contributed by atoms with Gasteiger partial charge in [0, 0.05) is 12.6 Å². The highest BCUT2D eigenvalue weighted by atomic mass is 32.2. The maximum Gasteiger partial charge on any atom is 0.211 e. The molecule has 0 aromatic carbocycles. The van der Waals surface area contributed by atoms with E-state index in [0.29, 0.717) is 19.0 Å². The molecule has 1 rings (SSSR count). The number of sulfonamides is 1. The van der Waals surface area contributed by atoms with Gasteiger partial charge in [-0.25, -0.2) is 13.1 Å². The van der Waals surface area contributed by atoms with Gasteiger partial charge in [-0.3, -0.25) is 0 Å². The minimum Gasteiger partial charge on any atom is -0.314 e. The lowest BCUT2D eigenvalue weighted by Crippen LogP contribution is -2.29. The van der Waals surface area contributed by atoms with Crippen molar-refractivity contribution in [3.05, 3.63) is 0 Å². The average molecular weight is 309 g/mol. The molecule has 0 aromatic rings. The zero-order valence-electron chi connectivity index (χ0n) is 12.0. The molecule has 0 bridgehead atoms. The highest BCUT2D eigenvalue weighted by molar-refractivity contribution is 7.98. The molecular weight excluding hydrogens is 280 g/mol. The third-order valence-corrected chi connectivity index (χ3v) is 5.36. The molecule has 114 valence electrons. The van der Waals surface area contributed by atoms with Gasteiger partial charge in [0.05, 0.1) is 5.75 Å². The maximum atomic E-state index is 11.7. The average Bonchev–Trinajstić information content (AvgIpc) is 3.18. The van der Waals surface area contributed by atoms with E-state index in [0.717, 1.165) is 19.4 Å². The first kappa shape index (κ1) is 17.3. The molecule has 0 radical (unpaired) electrons. The molecule has 0 saturated heterocycles. The van der Waals surface area contributed by atoms with Crippen LogP contribution in [0.4, 0.5) is 0 Å². The van der Waals surface area contributed by atoms with Crippen molar-refractivity contribution in [3.8, 4) is 0 Å². The van der Waals surface area contributed by atoms with Gasteiger partial charge in [-0.2, -0.15) is 11.8 Å². The summed E-state index contributed by atoms with van der Waals surface area (Å²) in [5.74, 6) is 1.46. The third-order valence-electron chi connectivity index (χ3n) is 3.20. The summed E-state index contributed by atoms with van der Waals surface area (Å²) in [6, 6.07) is 0.664. The lowest BCUT2D eigenvalue weighted by Gasteiger charge is -2.07. The third kappa shape index (κ3) is 10.6. The van der Waals surface area contributed by atoms with E-state index in [1.54, 1.807) is 0 Å². The zero-order valence-corrected chi connectivity index (χ0v) is 13.6. The quantitative estimate of drug-likeness (QED) is 0.511. The van der Waals surface area contributed by atoms with E-state index >= 15 is 0 Å². The Bertz CT molecular complexity index is 317. The Morgan fingerprint density at radius 2 is 1.79 bits per heavy atom. The number of hydrogen-bond donors (Lipinski definition) is 2. The summed E-state index contributed by atoms with van der Waals surface area (Å²) in [7, 11) is -3.05. The largest absolute Gasteiger partial charge is 0.314 e. The van der Waals surface area contributed by atoms with Crippen LogP contribution in [0.5, 0.6) is 0 Å². The van der Waals surface area contributed by atoms with Gasteiger partial charge in [-0.1, -0.05) is 12.8 Å². The summed E-state index contributed by atoms with van der Waals surface area (Å²) in [6.45, 7) is 1.41. The SMILES string of the molecule is CSCCCCCCNS(=O)(=O)CCCNC1CC1. The smallest absolute Gasteiger partial charge is 0.211 e. The van der Waals surface area contributed by atoms with Crippen LogP contribution in [0.15, 0.2) is 0 Å². The van der Waals surface area contributed by atoms with Gasteiger partial charge in [0.2, 0.25) is 10.0 Å². The summed E-state index contributed by atoms with van der Waals surface area (Å²) in [4.78, 5) is 0. The van der Waals surface area contributed by atoms with Crippen LogP contribution in [0, 0.1) is 0 Å². The van der Waals surface area contributed by atoms with Crippen LogP contribution in [0.2, 0.25) is 0 Å². The van der Waals surface area contributed by atoms with Crippen molar-refractivity contribution in [1.82, 2.24) is 10.0 Å². The fourth-order valence-electron chi connectivity index (χ4n) is 1.88. The second kappa shape index (κ2) is 10.0. The molecule has 19 heavy (non-hydrogen) atoms. The number of rotatable bonds is 13. The molecule has 0 atom stereocenters. The van der Waals surface area contributed by atoms with Crippen molar-refractivity contribution in [2.45, 2.75) is 51.0 Å². The van der Waals surface area contributed by atoms with Crippen molar-refractivity contribution in [3.63, 3.8) is 0 Å². The lowest BCUT2D eigenvalue weighted by molar-refractivity contribution is 0.567. The van der Waals surface area contributed by atoms with Gasteiger partial charge in [0.25, 0.3) is 0 Å². The molecule has 2 N–H and O–H groups in total. The molecule has 4 nitrogen and oxygen atoms in total. The fraction of sp³-hybridized carbons (Fsp3) is 1.00. The van der Waals surface area contributed by atoms with Gasteiger partial charge < -0.3 is 5.32 Å². The van der Waals surface area contributed by atoms with Gasteiger partial charge in [0.1, 0.15) is 0 Å². The molecule has 1 aliphatic rings. The number of hydrogen-bond acceptors (Lipinski definition) is 4. The van der Waals surface area contributed by atoms with Gasteiger partial charge in [0.15, 0.2) is 0 Å². The minimum atomic E-state index is -3.05. The summed E-state index contributed by atoms with van der Waals surface area (Å²) in [5, 5.41) is 3.33. The normalized spacial score (nSPS) is 15.8. The van der Waals surface area contributed by atoms with E-state index in [1.807, 2.05) is 11.8 Å². The summed E-state index contributed by atoms with van der Waals surface area (Å²) in [5.41, 5.74) is 0. The van der Waals surface area contributed by atoms with E-state index in [4.69, 9.17) is 0 Å². The number of thioether (sulfide) groups is 1. The molecule has 6 heteroatoms. The molecule has 1 fully saturated rings. The molecule has 0 aromatic heterocycles. The van der Waals surface area contributed by atoms with Gasteiger partial charge in [-0.05, 0) is 50.7 Å². The summed E-state index contributed by atoms with van der Waals surface area (Å²) < 4.78 is 26.1. The Kier molecular flexibility index (Phi) is 9.11.